The normalized spacial score (nSPS) is 15.6. The zero-order valence-electron chi connectivity index (χ0n) is 17.6. The van der Waals surface area contributed by atoms with Gasteiger partial charge in [-0.15, -0.1) is 24.0 Å². The van der Waals surface area contributed by atoms with E-state index in [4.69, 9.17) is 4.74 Å². The summed E-state index contributed by atoms with van der Waals surface area (Å²) in [5.41, 5.74) is 2.50. The van der Waals surface area contributed by atoms with Gasteiger partial charge in [0.25, 0.3) is 0 Å². The summed E-state index contributed by atoms with van der Waals surface area (Å²) >= 11 is 0. The summed E-state index contributed by atoms with van der Waals surface area (Å²) in [5.74, 6) is 1.73. The van der Waals surface area contributed by atoms with Crippen LogP contribution >= 0.6 is 24.0 Å². The van der Waals surface area contributed by atoms with E-state index in [-0.39, 0.29) is 24.0 Å². The largest absolute Gasteiger partial charge is 0.497 e. The Balaban J connectivity index is 0.00000300. The number of hydrogen-bond donors (Lipinski definition) is 2. The molecule has 1 aliphatic rings. The number of aromatic nitrogens is 2. The number of benzene rings is 1. The predicted octanol–water partition coefficient (Wildman–Crippen LogP) is 2.59. The summed E-state index contributed by atoms with van der Waals surface area (Å²) in [7, 11) is 5.47. The van der Waals surface area contributed by atoms with E-state index in [9.17, 15) is 0 Å². The van der Waals surface area contributed by atoms with Crippen molar-refractivity contribution in [2.45, 2.75) is 25.3 Å². The van der Waals surface area contributed by atoms with E-state index in [2.05, 4.69) is 43.8 Å². The molecule has 1 aromatic carbocycles. The van der Waals surface area contributed by atoms with E-state index in [1.165, 1.54) is 24.0 Å². The number of rotatable bonds is 8. The molecule has 0 spiro atoms. The lowest BCUT2D eigenvalue weighted by Gasteiger charge is -2.29. The van der Waals surface area contributed by atoms with Gasteiger partial charge in [0.2, 0.25) is 0 Å². The van der Waals surface area contributed by atoms with Gasteiger partial charge in [-0.2, -0.15) is 5.10 Å². The third-order valence-corrected chi connectivity index (χ3v) is 5.21. The van der Waals surface area contributed by atoms with Crippen molar-refractivity contribution < 1.29 is 4.74 Å². The fourth-order valence-corrected chi connectivity index (χ4v) is 3.70. The van der Waals surface area contributed by atoms with Crippen molar-refractivity contribution >= 4 is 29.9 Å². The van der Waals surface area contributed by atoms with Crippen LogP contribution in [0.4, 0.5) is 0 Å². The number of nitrogens with zero attached hydrogens (tertiary/aromatic N) is 4. The smallest absolute Gasteiger partial charge is 0.191 e. The Labute approximate surface area is 190 Å². The van der Waals surface area contributed by atoms with Gasteiger partial charge in [0.1, 0.15) is 5.75 Å². The standard InChI is InChI=1S/C21H32N6O.HI/c1-22-21(23-10-9-17-14-25-26(2)16-17)24-15-20(27-11-4-5-12-27)18-7-6-8-19(13-18)28-3;/h6-8,13-14,16,20H,4-5,9-12,15H2,1-3H3,(H2,22,23,24);1H. The van der Waals surface area contributed by atoms with Crippen LogP contribution in [0, 0.1) is 0 Å². The molecule has 160 valence electrons. The van der Waals surface area contributed by atoms with Gasteiger partial charge in [-0.25, -0.2) is 0 Å². The maximum atomic E-state index is 5.43. The molecule has 1 fully saturated rings. The first-order valence-electron chi connectivity index (χ1n) is 9.99. The fraction of sp³-hybridized carbons (Fsp3) is 0.524. The van der Waals surface area contributed by atoms with E-state index in [1.54, 1.807) is 7.11 Å². The van der Waals surface area contributed by atoms with Crippen molar-refractivity contribution in [3.8, 4) is 5.75 Å². The molecule has 0 amide bonds. The number of methoxy groups -OCH3 is 1. The zero-order chi connectivity index (χ0) is 19.8. The van der Waals surface area contributed by atoms with Gasteiger partial charge in [-0.3, -0.25) is 14.6 Å². The quantitative estimate of drug-likeness (QED) is 0.324. The van der Waals surface area contributed by atoms with Gasteiger partial charge in [0.05, 0.1) is 19.3 Å². The Morgan fingerprint density at radius 3 is 2.72 bits per heavy atom. The number of halogens is 1. The molecule has 29 heavy (non-hydrogen) atoms. The molecule has 2 heterocycles. The highest BCUT2D eigenvalue weighted by Gasteiger charge is 2.24. The molecule has 1 saturated heterocycles. The third kappa shape index (κ3) is 6.88. The summed E-state index contributed by atoms with van der Waals surface area (Å²) in [6.07, 6.45) is 7.39. The zero-order valence-corrected chi connectivity index (χ0v) is 19.9. The Kier molecular flexibility index (Phi) is 9.72. The van der Waals surface area contributed by atoms with E-state index < -0.39 is 0 Å². The Morgan fingerprint density at radius 1 is 1.28 bits per heavy atom. The molecule has 0 radical (unpaired) electrons. The van der Waals surface area contributed by atoms with Crippen LogP contribution in [0.3, 0.4) is 0 Å². The number of aryl methyl sites for hydroxylation is 1. The van der Waals surface area contributed by atoms with Crippen LogP contribution < -0.4 is 15.4 Å². The SMILES string of the molecule is CN=C(NCCc1cnn(C)c1)NCC(c1cccc(OC)c1)N1CCCC1.I. The average molecular weight is 512 g/mol. The van der Waals surface area contributed by atoms with Gasteiger partial charge in [0.15, 0.2) is 5.96 Å². The number of aliphatic imine (C=N–C) groups is 1. The fourth-order valence-electron chi connectivity index (χ4n) is 3.70. The monoisotopic (exact) mass is 512 g/mol. The van der Waals surface area contributed by atoms with Crippen molar-refractivity contribution in [3.05, 3.63) is 47.8 Å². The van der Waals surface area contributed by atoms with Crippen LogP contribution in [0.15, 0.2) is 41.7 Å². The molecule has 0 saturated carbocycles. The van der Waals surface area contributed by atoms with Gasteiger partial charge in [0, 0.05) is 33.4 Å². The lowest BCUT2D eigenvalue weighted by molar-refractivity contribution is 0.245. The molecule has 1 unspecified atom stereocenters. The van der Waals surface area contributed by atoms with Crippen molar-refractivity contribution in [3.63, 3.8) is 0 Å². The molecule has 7 nitrogen and oxygen atoms in total. The molecular formula is C21H33IN6O. The minimum absolute atomic E-state index is 0. The van der Waals surface area contributed by atoms with Gasteiger partial charge < -0.3 is 15.4 Å². The van der Waals surface area contributed by atoms with Gasteiger partial charge in [-0.05, 0) is 55.6 Å². The number of nitrogens with one attached hydrogen (secondary N) is 2. The summed E-state index contributed by atoms with van der Waals surface area (Å²) in [6, 6.07) is 8.69. The topological polar surface area (TPSA) is 66.7 Å². The molecule has 3 rings (SSSR count). The van der Waals surface area contributed by atoms with Crippen molar-refractivity contribution in [2.24, 2.45) is 12.0 Å². The maximum absolute atomic E-state index is 5.43. The Hall–Kier alpha value is -1.81. The summed E-state index contributed by atoms with van der Waals surface area (Å²) in [5, 5.41) is 11.1. The van der Waals surface area contributed by atoms with Crippen LogP contribution in [0.5, 0.6) is 5.75 Å². The second kappa shape index (κ2) is 12.0. The lowest BCUT2D eigenvalue weighted by Crippen LogP contribution is -2.43. The first-order chi connectivity index (χ1) is 13.7. The van der Waals surface area contributed by atoms with E-state index >= 15 is 0 Å². The number of guanidine groups is 1. The van der Waals surface area contributed by atoms with E-state index in [0.717, 1.165) is 44.3 Å². The van der Waals surface area contributed by atoms with E-state index in [0.29, 0.717) is 6.04 Å². The lowest BCUT2D eigenvalue weighted by atomic mass is 10.1. The van der Waals surface area contributed by atoms with Gasteiger partial charge in [-0.1, -0.05) is 12.1 Å². The molecule has 1 atom stereocenters. The molecule has 1 aliphatic heterocycles. The summed E-state index contributed by atoms with van der Waals surface area (Å²) < 4.78 is 7.26. The molecule has 1 aromatic heterocycles. The van der Waals surface area contributed by atoms with Crippen LogP contribution in [-0.4, -0.2) is 61.0 Å². The van der Waals surface area contributed by atoms with Crippen LogP contribution in [0.2, 0.25) is 0 Å². The van der Waals surface area contributed by atoms with Crippen molar-refractivity contribution in [2.75, 3.05) is 40.3 Å². The average Bonchev–Trinajstić information content (AvgIpc) is 3.39. The molecule has 0 bridgehead atoms. The van der Waals surface area contributed by atoms with Crippen molar-refractivity contribution in [1.29, 1.82) is 0 Å². The van der Waals surface area contributed by atoms with Gasteiger partial charge >= 0.3 is 0 Å². The molecular weight excluding hydrogens is 479 g/mol. The second-order valence-electron chi connectivity index (χ2n) is 7.19. The summed E-state index contributed by atoms with van der Waals surface area (Å²) in [6.45, 7) is 3.89. The highest BCUT2D eigenvalue weighted by molar-refractivity contribution is 14.0. The summed E-state index contributed by atoms with van der Waals surface area (Å²) in [4.78, 5) is 6.93. The minimum atomic E-state index is 0. The number of hydrogen-bond acceptors (Lipinski definition) is 4. The van der Waals surface area contributed by atoms with Crippen molar-refractivity contribution in [1.82, 2.24) is 25.3 Å². The Morgan fingerprint density at radius 2 is 2.07 bits per heavy atom. The number of ether oxygens (including phenoxy) is 1. The molecule has 2 aromatic rings. The predicted molar refractivity (Wildman–Crippen MR) is 128 cm³/mol. The second-order valence-corrected chi connectivity index (χ2v) is 7.19. The Bertz CT molecular complexity index is 772. The maximum Gasteiger partial charge on any atom is 0.191 e. The van der Waals surface area contributed by atoms with Crippen LogP contribution in [-0.2, 0) is 13.5 Å². The molecule has 8 heteroatoms. The third-order valence-electron chi connectivity index (χ3n) is 5.21. The van der Waals surface area contributed by atoms with Crippen LogP contribution in [0.1, 0.15) is 30.0 Å². The molecule has 0 aliphatic carbocycles. The number of likely N-dealkylation sites (tertiary alicyclic amines) is 1. The van der Waals surface area contributed by atoms with E-state index in [1.807, 2.05) is 37.2 Å². The van der Waals surface area contributed by atoms with Crippen LogP contribution in [0.25, 0.3) is 0 Å². The first-order valence-corrected chi connectivity index (χ1v) is 9.99. The minimum Gasteiger partial charge on any atom is -0.497 e. The highest BCUT2D eigenvalue weighted by atomic mass is 127. The highest BCUT2D eigenvalue weighted by Crippen LogP contribution is 2.27. The molecule has 2 N–H and O–H groups in total. The first kappa shape index (κ1) is 23.5.